The summed E-state index contributed by atoms with van der Waals surface area (Å²) in [7, 11) is 1.79. The molecule has 0 unspecified atom stereocenters. The first kappa shape index (κ1) is 10.5. The summed E-state index contributed by atoms with van der Waals surface area (Å²) >= 11 is 0. The molecule has 0 saturated heterocycles. The van der Waals surface area contributed by atoms with Crippen molar-refractivity contribution in [1.29, 1.82) is 0 Å². The van der Waals surface area contributed by atoms with Crippen LogP contribution in [0, 0.1) is 0 Å². The number of aliphatic carboxylic acids is 1. The Hall–Kier alpha value is -1.62. The third-order valence-electron chi connectivity index (χ3n) is 1.90. The molecule has 14 heavy (non-hydrogen) atoms. The van der Waals surface area contributed by atoms with Gasteiger partial charge in [-0.3, -0.25) is 4.79 Å². The fourth-order valence-corrected chi connectivity index (χ4v) is 1.18. The summed E-state index contributed by atoms with van der Waals surface area (Å²) in [5, 5.41) is 10.2. The van der Waals surface area contributed by atoms with Crippen molar-refractivity contribution in [2.75, 3.05) is 0 Å². The molecular formula is C9H12N2O3. The van der Waals surface area contributed by atoms with E-state index in [9.17, 15) is 14.7 Å². The van der Waals surface area contributed by atoms with Gasteiger partial charge >= 0.3 is 0 Å². The van der Waals surface area contributed by atoms with E-state index in [4.69, 9.17) is 0 Å². The number of hydrogen-bond donors (Lipinski definition) is 1. The SMILES string of the molecule is Cn1ccc(C(=O)[C@H]([NH3+])CC(=O)[O-])c1. The molecule has 1 aromatic heterocycles. The molecule has 76 valence electrons. The zero-order valence-electron chi connectivity index (χ0n) is 7.90. The van der Waals surface area contributed by atoms with Gasteiger partial charge in [0.1, 0.15) is 0 Å². The molecule has 0 bridgehead atoms. The Morgan fingerprint density at radius 3 is 2.71 bits per heavy atom. The van der Waals surface area contributed by atoms with Gasteiger partial charge in [0.05, 0.1) is 0 Å². The number of carboxylic acids is 1. The smallest absolute Gasteiger partial charge is 0.221 e. The van der Waals surface area contributed by atoms with Gasteiger partial charge in [-0.2, -0.15) is 0 Å². The van der Waals surface area contributed by atoms with E-state index in [0.717, 1.165) is 0 Å². The number of quaternary nitrogens is 1. The molecule has 0 aromatic carbocycles. The van der Waals surface area contributed by atoms with E-state index in [1.807, 2.05) is 0 Å². The molecule has 0 aliphatic rings. The number of carbonyl (C=O) groups is 2. The van der Waals surface area contributed by atoms with Crippen molar-refractivity contribution in [2.24, 2.45) is 7.05 Å². The second-order valence-corrected chi connectivity index (χ2v) is 3.20. The topological polar surface area (TPSA) is 89.8 Å². The Bertz CT molecular complexity index is 357. The second kappa shape index (κ2) is 4.06. The van der Waals surface area contributed by atoms with Crippen LogP contribution in [0.4, 0.5) is 0 Å². The zero-order valence-corrected chi connectivity index (χ0v) is 7.90. The number of aryl methyl sites for hydroxylation is 1. The fraction of sp³-hybridized carbons (Fsp3) is 0.333. The average molecular weight is 196 g/mol. The Balaban J connectivity index is 2.70. The van der Waals surface area contributed by atoms with Gasteiger partial charge in [-0.1, -0.05) is 0 Å². The lowest BCUT2D eigenvalue weighted by molar-refractivity contribution is -0.404. The standard InChI is InChI=1S/C9H12N2O3/c1-11-3-2-6(5-11)9(14)7(10)4-8(12)13/h2-3,5,7H,4,10H2,1H3,(H,12,13)/t7-/m1/s1. The zero-order chi connectivity index (χ0) is 10.7. The van der Waals surface area contributed by atoms with Crippen molar-refractivity contribution in [1.82, 2.24) is 4.57 Å². The van der Waals surface area contributed by atoms with Crippen molar-refractivity contribution in [3.05, 3.63) is 24.0 Å². The third-order valence-corrected chi connectivity index (χ3v) is 1.90. The predicted molar refractivity (Wildman–Crippen MR) is 46.0 cm³/mol. The summed E-state index contributed by atoms with van der Waals surface area (Å²) in [5.41, 5.74) is 3.96. The third kappa shape index (κ3) is 2.43. The second-order valence-electron chi connectivity index (χ2n) is 3.20. The van der Waals surface area contributed by atoms with Crippen molar-refractivity contribution < 1.29 is 20.4 Å². The highest BCUT2D eigenvalue weighted by Gasteiger charge is 2.19. The normalized spacial score (nSPS) is 12.4. The maximum Gasteiger partial charge on any atom is 0.221 e. The van der Waals surface area contributed by atoms with E-state index in [-0.39, 0.29) is 12.2 Å². The molecule has 5 nitrogen and oxygen atoms in total. The van der Waals surface area contributed by atoms with Crippen molar-refractivity contribution in [3.63, 3.8) is 0 Å². The van der Waals surface area contributed by atoms with Crippen LogP contribution in [-0.2, 0) is 11.8 Å². The lowest BCUT2D eigenvalue weighted by Gasteiger charge is -2.06. The number of aromatic nitrogens is 1. The molecule has 1 rings (SSSR count). The van der Waals surface area contributed by atoms with Crippen LogP contribution < -0.4 is 10.8 Å². The number of ketones is 1. The molecule has 1 aromatic rings. The molecule has 3 N–H and O–H groups in total. The fourth-order valence-electron chi connectivity index (χ4n) is 1.18. The number of nitrogens with zero attached hydrogens (tertiary/aromatic N) is 1. The summed E-state index contributed by atoms with van der Waals surface area (Å²) in [6.45, 7) is 0. The predicted octanol–water partition coefficient (Wildman–Crippen LogP) is -2.04. The molecule has 0 radical (unpaired) electrons. The van der Waals surface area contributed by atoms with E-state index >= 15 is 0 Å². The van der Waals surface area contributed by atoms with Gasteiger partial charge in [0.25, 0.3) is 0 Å². The summed E-state index contributed by atoms with van der Waals surface area (Å²) in [6.07, 6.45) is 3.02. The molecule has 0 spiro atoms. The van der Waals surface area contributed by atoms with Gasteiger partial charge in [0.2, 0.25) is 5.78 Å². The molecule has 1 atom stereocenters. The van der Waals surface area contributed by atoms with Crippen LogP contribution in [0.3, 0.4) is 0 Å². The highest BCUT2D eigenvalue weighted by atomic mass is 16.4. The molecule has 0 aliphatic carbocycles. The van der Waals surface area contributed by atoms with Crippen LogP contribution >= 0.6 is 0 Å². The molecule has 0 saturated carbocycles. The van der Waals surface area contributed by atoms with Crippen LogP contribution in [0.25, 0.3) is 0 Å². The van der Waals surface area contributed by atoms with E-state index in [1.54, 1.807) is 30.1 Å². The van der Waals surface area contributed by atoms with Crippen LogP contribution in [0.15, 0.2) is 18.5 Å². The molecule has 0 aliphatic heterocycles. The molecular weight excluding hydrogens is 184 g/mol. The number of hydrogen-bond acceptors (Lipinski definition) is 3. The van der Waals surface area contributed by atoms with Crippen molar-refractivity contribution >= 4 is 11.8 Å². The van der Waals surface area contributed by atoms with E-state index in [1.165, 1.54) is 0 Å². The number of rotatable bonds is 4. The molecule has 0 fully saturated rings. The first-order valence-corrected chi connectivity index (χ1v) is 4.20. The summed E-state index contributed by atoms with van der Waals surface area (Å²) < 4.78 is 1.72. The first-order valence-electron chi connectivity index (χ1n) is 4.20. The number of carboxylic acid groups (broad SMARTS) is 1. The van der Waals surface area contributed by atoms with Crippen LogP contribution in [0.5, 0.6) is 0 Å². The minimum Gasteiger partial charge on any atom is -0.550 e. The summed E-state index contributed by atoms with van der Waals surface area (Å²) in [6, 6.07) is 0.859. The Morgan fingerprint density at radius 2 is 2.29 bits per heavy atom. The average Bonchev–Trinajstić information content (AvgIpc) is 2.49. The van der Waals surface area contributed by atoms with Gasteiger partial charge in [-0.25, -0.2) is 0 Å². The van der Waals surface area contributed by atoms with Crippen LogP contribution in [-0.4, -0.2) is 22.4 Å². The summed E-state index contributed by atoms with van der Waals surface area (Å²) in [5.74, 6) is -1.52. The van der Waals surface area contributed by atoms with Crippen LogP contribution in [0.2, 0.25) is 0 Å². The van der Waals surface area contributed by atoms with E-state index in [0.29, 0.717) is 5.56 Å². The van der Waals surface area contributed by atoms with Gasteiger partial charge in [0.15, 0.2) is 6.04 Å². The largest absolute Gasteiger partial charge is 0.550 e. The highest BCUT2D eigenvalue weighted by Crippen LogP contribution is 2.03. The Morgan fingerprint density at radius 1 is 1.64 bits per heavy atom. The van der Waals surface area contributed by atoms with Crippen molar-refractivity contribution in [2.45, 2.75) is 12.5 Å². The summed E-state index contributed by atoms with van der Waals surface area (Å²) in [4.78, 5) is 21.8. The molecule has 1 heterocycles. The maximum absolute atomic E-state index is 11.5. The lowest BCUT2D eigenvalue weighted by Crippen LogP contribution is -2.66. The van der Waals surface area contributed by atoms with Gasteiger partial charge in [-0.05, 0) is 6.07 Å². The first-order chi connectivity index (χ1) is 6.50. The Kier molecular flexibility index (Phi) is 3.03. The van der Waals surface area contributed by atoms with Gasteiger partial charge in [0, 0.05) is 37.4 Å². The van der Waals surface area contributed by atoms with E-state index < -0.39 is 12.0 Å². The highest BCUT2D eigenvalue weighted by molar-refractivity contribution is 6.00. The Labute approximate surface area is 81.1 Å². The molecule has 5 heteroatoms. The quantitative estimate of drug-likeness (QED) is 0.562. The number of carbonyl (C=O) groups excluding carboxylic acids is 2. The van der Waals surface area contributed by atoms with Crippen molar-refractivity contribution in [3.8, 4) is 0 Å². The van der Waals surface area contributed by atoms with E-state index in [2.05, 4.69) is 5.73 Å². The van der Waals surface area contributed by atoms with Gasteiger partial charge in [-0.15, -0.1) is 0 Å². The minimum absolute atomic E-state index is 0.269. The maximum atomic E-state index is 11.5. The van der Waals surface area contributed by atoms with Crippen LogP contribution in [0.1, 0.15) is 16.8 Å². The monoisotopic (exact) mass is 196 g/mol. The molecule has 0 amide bonds. The lowest BCUT2D eigenvalue weighted by atomic mass is 10.1. The van der Waals surface area contributed by atoms with Gasteiger partial charge < -0.3 is 20.2 Å². The number of Topliss-reactive ketones (excluding diaryl/α,β-unsaturated/α-hetero) is 1. The minimum atomic E-state index is -1.26.